The first-order valence-corrected chi connectivity index (χ1v) is 8.48. The summed E-state index contributed by atoms with van der Waals surface area (Å²) in [4.78, 5) is 28.0. The minimum atomic E-state index is 0.0674. The molecule has 0 radical (unpaired) electrons. The fraction of sp³-hybridized carbons (Fsp3) is 0.474. The van der Waals surface area contributed by atoms with Gasteiger partial charge >= 0.3 is 0 Å². The molecule has 4 rings (SSSR count). The summed E-state index contributed by atoms with van der Waals surface area (Å²) in [6.45, 7) is 3.48. The number of morpholine rings is 1. The summed E-state index contributed by atoms with van der Waals surface area (Å²) in [5.41, 5.74) is 2.70. The van der Waals surface area contributed by atoms with Gasteiger partial charge in [-0.3, -0.25) is 14.5 Å². The molecule has 4 nitrogen and oxygen atoms in total. The molecular formula is C19H21NO3. The fourth-order valence-corrected chi connectivity index (χ4v) is 4.08. The van der Waals surface area contributed by atoms with Crippen LogP contribution < -0.4 is 0 Å². The van der Waals surface area contributed by atoms with Gasteiger partial charge in [0.1, 0.15) is 0 Å². The van der Waals surface area contributed by atoms with E-state index in [-0.39, 0.29) is 11.6 Å². The Kier molecular flexibility index (Phi) is 3.87. The van der Waals surface area contributed by atoms with Crippen LogP contribution in [0, 0.1) is 0 Å². The Morgan fingerprint density at radius 3 is 1.91 bits per heavy atom. The average molecular weight is 311 g/mol. The maximum absolute atomic E-state index is 12.8. The zero-order valence-corrected chi connectivity index (χ0v) is 13.2. The molecule has 0 spiro atoms. The first-order valence-electron chi connectivity index (χ1n) is 8.48. The van der Waals surface area contributed by atoms with Crippen molar-refractivity contribution in [2.24, 2.45) is 0 Å². The van der Waals surface area contributed by atoms with Crippen LogP contribution in [-0.4, -0.2) is 48.8 Å². The number of ether oxygens (including phenoxy) is 1. The van der Waals surface area contributed by atoms with Crippen molar-refractivity contribution in [1.82, 2.24) is 4.90 Å². The molecular weight excluding hydrogens is 290 g/mol. The molecule has 1 heterocycles. The second-order valence-electron chi connectivity index (χ2n) is 6.54. The Morgan fingerprint density at radius 2 is 1.39 bits per heavy atom. The number of rotatable bonds is 1. The third kappa shape index (κ3) is 2.56. The molecule has 0 unspecified atom stereocenters. The van der Waals surface area contributed by atoms with Crippen LogP contribution in [0.3, 0.4) is 0 Å². The van der Waals surface area contributed by atoms with E-state index < -0.39 is 0 Å². The standard InChI is InChI=1S/C19H21NO3/c21-18-14-3-1-2-4-15(14)19(22)17-8-6-13(5-7-16(17)18)20-9-11-23-12-10-20/h1-4,13H,5-12H2. The third-order valence-electron chi connectivity index (χ3n) is 5.35. The molecule has 1 saturated heterocycles. The predicted octanol–water partition coefficient (Wildman–Crippen LogP) is 2.64. The zero-order chi connectivity index (χ0) is 15.8. The van der Waals surface area contributed by atoms with Crippen LogP contribution in [0.5, 0.6) is 0 Å². The van der Waals surface area contributed by atoms with Crippen LogP contribution in [0.2, 0.25) is 0 Å². The maximum atomic E-state index is 12.8. The van der Waals surface area contributed by atoms with Crippen molar-refractivity contribution < 1.29 is 14.3 Å². The van der Waals surface area contributed by atoms with E-state index in [4.69, 9.17) is 4.74 Å². The molecule has 1 aromatic rings. The number of fused-ring (bicyclic) bond motifs is 1. The molecule has 0 aromatic heterocycles. The maximum Gasteiger partial charge on any atom is 0.190 e. The highest BCUT2D eigenvalue weighted by Gasteiger charge is 2.34. The van der Waals surface area contributed by atoms with E-state index in [0.717, 1.165) is 63.1 Å². The monoisotopic (exact) mass is 311 g/mol. The highest BCUT2D eigenvalue weighted by atomic mass is 16.5. The number of hydrogen-bond acceptors (Lipinski definition) is 4. The van der Waals surface area contributed by atoms with Crippen LogP contribution in [-0.2, 0) is 4.74 Å². The summed E-state index contributed by atoms with van der Waals surface area (Å²) in [5, 5.41) is 0. The normalized spacial score (nSPS) is 23.5. The van der Waals surface area contributed by atoms with Crippen molar-refractivity contribution in [1.29, 1.82) is 0 Å². The molecule has 2 aliphatic carbocycles. The van der Waals surface area contributed by atoms with Crippen LogP contribution >= 0.6 is 0 Å². The lowest BCUT2D eigenvalue weighted by Gasteiger charge is -2.34. The predicted molar refractivity (Wildman–Crippen MR) is 86.8 cm³/mol. The van der Waals surface area contributed by atoms with Gasteiger partial charge in [0.15, 0.2) is 11.6 Å². The number of hydrogen-bond donors (Lipinski definition) is 0. The molecule has 0 saturated carbocycles. The lowest BCUT2D eigenvalue weighted by molar-refractivity contribution is 0.0135. The second-order valence-corrected chi connectivity index (χ2v) is 6.54. The molecule has 1 fully saturated rings. The smallest absolute Gasteiger partial charge is 0.190 e. The van der Waals surface area contributed by atoms with Gasteiger partial charge < -0.3 is 4.74 Å². The Bertz CT molecular complexity index is 637. The summed E-state index contributed by atoms with van der Waals surface area (Å²) in [7, 11) is 0. The molecule has 4 heteroatoms. The molecule has 1 aromatic carbocycles. The van der Waals surface area contributed by atoms with Crippen molar-refractivity contribution in [2.75, 3.05) is 26.3 Å². The summed E-state index contributed by atoms with van der Waals surface area (Å²) >= 11 is 0. The van der Waals surface area contributed by atoms with E-state index in [2.05, 4.69) is 4.90 Å². The highest BCUT2D eigenvalue weighted by Crippen LogP contribution is 2.35. The SMILES string of the molecule is O=C1C2=C(CCC(N3CCOCC3)CC2)C(=O)c2ccccc21. The molecule has 0 atom stereocenters. The third-order valence-corrected chi connectivity index (χ3v) is 5.35. The molecule has 0 amide bonds. The Labute approximate surface area is 136 Å². The second kappa shape index (κ2) is 6.02. The van der Waals surface area contributed by atoms with Gasteiger partial charge in [0, 0.05) is 41.4 Å². The molecule has 120 valence electrons. The van der Waals surface area contributed by atoms with E-state index in [1.54, 1.807) is 12.1 Å². The first kappa shape index (κ1) is 14.8. The van der Waals surface area contributed by atoms with Gasteiger partial charge in [-0.25, -0.2) is 0 Å². The number of benzene rings is 1. The van der Waals surface area contributed by atoms with Gasteiger partial charge in [0.2, 0.25) is 0 Å². The van der Waals surface area contributed by atoms with Gasteiger partial charge in [0.25, 0.3) is 0 Å². The summed E-state index contributed by atoms with van der Waals surface area (Å²) in [6.07, 6.45) is 3.35. The van der Waals surface area contributed by atoms with Crippen LogP contribution in [0.25, 0.3) is 0 Å². The van der Waals surface area contributed by atoms with Crippen molar-refractivity contribution in [3.8, 4) is 0 Å². The molecule has 23 heavy (non-hydrogen) atoms. The Hall–Kier alpha value is -1.78. The van der Waals surface area contributed by atoms with Gasteiger partial charge in [-0.2, -0.15) is 0 Å². The topological polar surface area (TPSA) is 46.6 Å². The largest absolute Gasteiger partial charge is 0.379 e. The van der Waals surface area contributed by atoms with Crippen LogP contribution in [0.15, 0.2) is 35.4 Å². The number of allylic oxidation sites excluding steroid dienone is 2. The van der Waals surface area contributed by atoms with Gasteiger partial charge in [-0.1, -0.05) is 24.3 Å². The van der Waals surface area contributed by atoms with E-state index >= 15 is 0 Å². The minimum absolute atomic E-state index is 0.0674. The lowest BCUT2D eigenvalue weighted by Crippen LogP contribution is -2.43. The minimum Gasteiger partial charge on any atom is -0.379 e. The van der Waals surface area contributed by atoms with Crippen molar-refractivity contribution in [3.63, 3.8) is 0 Å². The Morgan fingerprint density at radius 1 is 0.870 bits per heavy atom. The van der Waals surface area contributed by atoms with Crippen molar-refractivity contribution in [2.45, 2.75) is 31.7 Å². The van der Waals surface area contributed by atoms with Crippen molar-refractivity contribution in [3.05, 3.63) is 46.5 Å². The quantitative estimate of drug-likeness (QED) is 0.800. The molecule has 1 aliphatic heterocycles. The summed E-state index contributed by atoms with van der Waals surface area (Å²) < 4.78 is 5.43. The zero-order valence-electron chi connectivity index (χ0n) is 13.2. The van der Waals surface area contributed by atoms with Crippen molar-refractivity contribution >= 4 is 11.6 Å². The Balaban J connectivity index is 1.59. The molecule has 0 N–H and O–H groups in total. The highest BCUT2D eigenvalue weighted by molar-refractivity contribution is 6.26. The number of carbonyl (C=O) groups excluding carboxylic acids is 2. The first-order chi connectivity index (χ1) is 11.3. The number of nitrogens with zero attached hydrogens (tertiary/aromatic N) is 1. The van der Waals surface area contributed by atoms with E-state index in [1.165, 1.54) is 0 Å². The van der Waals surface area contributed by atoms with Gasteiger partial charge in [0.05, 0.1) is 13.2 Å². The number of Topliss-reactive ketones (excluding diaryl/α,β-unsaturated/α-hetero) is 2. The molecule has 3 aliphatic rings. The van der Waals surface area contributed by atoms with Gasteiger partial charge in [-0.15, -0.1) is 0 Å². The van der Waals surface area contributed by atoms with E-state index in [1.807, 2.05) is 12.1 Å². The fourth-order valence-electron chi connectivity index (χ4n) is 4.08. The summed E-state index contributed by atoms with van der Waals surface area (Å²) in [5.74, 6) is 0.135. The lowest BCUT2D eigenvalue weighted by atomic mass is 9.82. The van der Waals surface area contributed by atoms with E-state index in [9.17, 15) is 9.59 Å². The number of carbonyl (C=O) groups is 2. The average Bonchev–Trinajstić information content (AvgIpc) is 2.84. The summed E-state index contributed by atoms with van der Waals surface area (Å²) in [6, 6.07) is 7.69. The van der Waals surface area contributed by atoms with Crippen LogP contribution in [0.1, 0.15) is 46.4 Å². The number of ketones is 2. The van der Waals surface area contributed by atoms with Crippen LogP contribution in [0.4, 0.5) is 0 Å². The van der Waals surface area contributed by atoms with E-state index in [0.29, 0.717) is 17.2 Å². The molecule has 0 bridgehead atoms. The van der Waals surface area contributed by atoms with Gasteiger partial charge in [-0.05, 0) is 25.7 Å².